The average Bonchev–Trinajstić information content (AvgIpc) is 2.48. The smallest absolute Gasteiger partial charge is 0.0323 e. The fourth-order valence-electron chi connectivity index (χ4n) is 3.52. The fourth-order valence-corrected chi connectivity index (χ4v) is 3.52. The maximum atomic E-state index is 6.60. The molecule has 1 nitrogen and oxygen atoms in total. The minimum Gasteiger partial charge on any atom is -0.324 e. The van der Waals surface area contributed by atoms with E-state index in [1.54, 1.807) is 0 Å². The Morgan fingerprint density at radius 1 is 1.05 bits per heavy atom. The zero-order chi connectivity index (χ0) is 14.9. The zero-order valence-electron chi connectivity index (χ0n) is 13.8. The van der Waals surface area contributed by atoms with Gasteiger partial charge < -0.3 is 5.73 Å². The molecule has 2 rings (SSSR count). The van der Waals surface area contributed by atoms with Crippen molar-refractivity contribution in [2.75, 3.05) is 0 Å². The summed E-state index contributed by atoms with van der Waals surface area (Å²) in [5.74, 6) is 1.68. The molecule has 1 aliphatic carbocycles. The van der Waals surface area contributed by atoms with E-state index < -0.39 is 0 Å². The van der Waals surface area contributed by atoms with E-state index in [-0.39, 0.29) is 6.04 Å². The highest BCUT2D eigenvalue weighted by Crippen LogP contribution is 2.35. The molecule has 0 radical (unpaired) electrons. The fraction of sp³-hybridized carbons (Fsp3) is 0.700. The predicted molar refractivity (Wildman–Crippen MR) is 92.2 cm³/mol. The van der Waals surface area contributed by atoms with Gasteiger partial charge in [0.25, 0.3) is 0 Å². The van der Waals surface area contributed by atoms with Crippen LogP contribution >= 0.6 is 0 Å². The van der Waals surface area contributed by atoms with E-state index in [9.17, 15) is 0 Å². The van der Waals surface area contributed by atoms with Crippen molar-refractivity contribution in [2.45, 2.75) is 77.2 Å². The Balaban J connectivity index is 1.85. The summed E-state index contributed by atoms with van der Waals surface area (Å²) in [6, 6.07) is 11.0. The van der Waals surface area contributed by atoms with Crippen LogP contribution in [0.1, 0.15) is 82.7 Å². The molecule has 1 aromatic carbocycles. The molecule has 1 heteroatoms. The van der Waals surface area contributed by atoms with Crippen LogP contribution in [0.5, 0.6) is 0 Å². The highest BCUT2D eigenvalue weighted by atomic mass is 14.7. The van der Waals surface area contributed by atoms with E-state index in [1.807, 2.05) is 0 Å². The van der Waals surface area contributed by atoms with Gasteiger partial charge in [0.05, 0.1) is 0 Å². The van der Waals surface area contributed by atoms with Crippen LogP contribution in [-0.2, 0) is 0 Å². The molecule has 2 unspecified atom stereocenters. The van der Waals surface area contributed by atoms with Crippen LogP contribution in [0.25, 0.3) is 0 Å². The normalized spacial score (nSPS) is 18.2. The van der Waals surface area contributed by atoms with E-state index in [1.165, 1.54) is 69.8 Å². The number of hydrogen-bond acceptors (Lipinski definition) is 1. The topological polar surface area (TPSA) is 26.0 Å². The monoisotopic (exact) mass is 287 g/mol. The molecule has 1 aromatic rings. The SMILES string of the molecule is CCCCCCC(CCC1CCC1)C(N)c1ccccc1. The highest BCUT2D eigenvalue weighted by Gasteiger charge is 2.23. The van der Waals surface area contributed by atoms with E-state index in [0.29, 0.717) is 5.92 Å². The summed E-state index contributed by atoms with van der Waals surface area (Å²) in [6.45, 7) is 2.28. The number of unbranched alkanes of at least 4 members (excludes halogenated alkanes) is 3. The van der Waals surface area contributed by atoms with E-state index >= 15 is 0 Å². The minimum absolute atomic E-state index is 0.230. The first kappa shape index (κ1) is 16.5. The summed E-state index contributed by atoms with van der Waals surface area (Å²) in [5, 5.41) is 0. The molecular formula is C20H33N. The highest BCUT2D eigenvalue weighted by molar-refractivity contribution is 5.19. The maximum absolute atomic E-state index is 6.60. The van der Waals surface area contributed by atoms with Gasteiger partial charge in [-0.3, -0.25) is 0 Å². The van der Waals surface area contributed by atoms with Crippen LogP contribution < -0.4 is 5.73 Å². The van der Waals surface area contributed by atoms with Gasteiger partial charge in [-0.15, -0.1) is 0 Å². The van der Waals surface area contributed by atoms with Crippen molar-refractivity contribution in [1.29, 1.82) is 0 Å². The molecule has 1 aliphatic rings. The lowest BCUT2D eigenvalue weighted by Crippen LogP contribution is -2.23. The lowest BCUT2D eigenvalue weighted by molar-refractivity contribution is 0.249. The molecule has 2 atom stereocenters. The van der Waals surface area contributed by atoms with Crippen molar-refractivity contribution in [3.8, 4) is 0 Å². The first-order valence-corrected chi connectivity index (χ1v) is 9.11. The first-order valence-electron chi connectivity index (χ1n) is 9.11. The summed E-state index contributed by atoms with van der Waals surface area (Å²) in [5.41, 5.74) is 7.93. The van der Waals surface area contributed by atoms with Crippen LogP contribution in [0.15, 0.2) is 30.3 Å². The van der Waals surface area contributed by atoms with Crippen molar-refractivity contribution < 1.29 is 0 Å². The number of hydrogen-bond donors (Lipinski definition) is 1. The van der Waals surface area contributed by atoms with Gasteiger partial charge in [0.1, 0.15) is 0 Å². The summed E-state index contributed by atoms with van der Waals surface area (Å²) < 4.78 is 0. The van der Waals surface area contributed by atoms with Gasteiger partial charge in [0, 0.05) is 6.04 Å². The molecule has 0 aromatic heterocycles. The Kier molecular flexibility index (Phi) is 7.29. The van der Waals surface area contributed by atoms with Crippen molar-refractivity contribution in [1.82, 2.24) is 0 Å². The van der Waals surface area contributed by atoms with Gasteiger partial charge >= 0.3 is 0 Å². The van der Waals surface area contributed by atoms with Crippen LogP contribution in [-0.4, -0.2) is 0 Å². The lowest BCUT2D eigenvalue weighted by atomic mass is 9.77. The zero-order valence-corrected chi connectivity index (χ0v) is 13.8. The van der Waals surface area contributed by atoms with Gasteiger partial charge in [-0.1, -0.05) is 88.6 Å². The average molecular weight is 287 g/mol. The Morgan fingerprint density at radius 2 is 1.81 bits per heavy atom. The van der Waals surface area contributed by atoms with Crippen LogP contribution in [0, 0.1) is 11.8 Å². The second-order valence-electron chi connectivity index (χ2n) is 6.92. The molecule has 0 aliphatic heterocycles. The van der Waals surface area contributed by atoms with Crippen LogP contribution in [0.2, 0.25) is 0 Å². The molecule has 118 valence electrons. The summed E-state index contributed by atoms with van der Waals surface area (Å²) in [4.78, 5) is 0. The molecule has 0 amide bonds. The third-order valence-corrected chi connectivity index (χ3v) is 5.29. The largest absolute Gasteiger partial charge is 0.324 e. The van der Waals surface area contributed by atoms with Gasteiger partial charge in [-0.25, -0.2) is 0 Å². The number of nitrogens with two attached hydrogens (primary N) is 1. The van der Waals surface area contributed by atoms with Crippen LogP contribution in [0.4, 0.5) is 0 Å². The van der Waals surface area contributed by atoms with Crippen molar-refractivity contribution in [3.63, 3.8) is 0 Å². The number of benzene rings is 1. The van der Waals surface area contributed by atoms with Gasteiger partial charge in [0.2, 0.25) is 0 Å². The molecule has 0 spiro atoms. The Labute approximate surface area is 131 Å². The van der Waals surface area contributed by atoms with Crippen molar-refractivity contribution in [3.05, 3.63) is 35.9 Å². The van der Waals surface area contributed by atoms with E-state index in [0.717, 1.165) is 5.92 Å². The Bertz CT molecular complexity index is 369. The molecule has 2 N–H and O–H groups in total. The third-order valence-electron chi connectivity index (χ3n) is 5.29. The molecule has 21 heavy (non-hydrogen) atoms. The maximum Gasteiger partial charge on any atom is 0.0323 e. The van der Waals surface area contributed by atoms with Crippen LogP contribution in [0.3, 0.4) is 0 Å². The molecule has 0 saturated heterocycles. The standard InChI is InChI=1S/C20H33N/c1-2-3-4-6-14-19(16-15-17-10-9-11-17)20(21)18-12-7-5-8-13-18/h5,7-8,12-13,17,19-20H,2-4,6,9-11,14-16,21H2,1H3. The molecule has 1 fully saturated rings. The van der Waals surface area contributed by atoms with Crippen molar-refractivity contribution in [2.24, 2.45) is 17.6 Å². The van der Waals surface area contributed by atoms with Gasteiger partial charge in [-0.2, -0.15) is 0 Å². The predicted octanol–water partition coefficient (Wildman–Crippen LogP) is 5.85. The number of rotatable bonds is 10. The van der Waals surface area contributed by atoms with Crippen molar-refractivity contribution >= 4 is 0 Å². The second-order valence-corrected chi connectivity index (χ2v) is 6.92. The summed E-state index contributed by atoms with van der Waals surface area (Å²) >= 11 is 0. The van der Waals surface area contributed by atoms with Gasteiger partial charge in [0.15, 0.2) is 0 Å². The van der Waals surface area contributed by atoms with E-state index in [2.05, 4.69) is 37.3 Å². The third kappa shape index (κ3) is 5.47. The Morgan fingerprint density at radius 3 is 2.43 bits per heavy atom. The Hall–Kier alpha value is -0.820. The molecule has 1 saturated carbocycles. The minimum atomic E-state index is 0.230. The quantitative estimate of drug-likeness (QED) is 0.536. The lowest BCUT2D eigenvalue weighted by Gasteiger charge is -2.30. The van der Waals surface area contributed by atoms with E-state index in [4.69, 9.17) is 5.73 Å². The summed E-state index contributed by atoms with van der Waals surface area (Å²) in [7, 11) is 0. The summed E-state index contributed by atoms with van der Waals surface area (Å²) in [6.07, 6.45) is 13.8. The molecular weight excluding hydrogens is 254 g/mol. The van der Waals surface area contributed by atoms with Gasteiger partial charge in [-0.05, 0) is 30.2 Å². The molecule has 0 heterocycles. The second kappa shape index (κ2) is 9.25. The first-order chi connectivity index (χ1) is 10.3. The molecule has 0 bridgehead atoms.